The van der Waals surface area contributed by atoms with E-state index in [2.05, 4.69) is 10.6 Å². The van der Waals surface area contributed by atoms with Gasteiger partial charge in [0.05, 0.1) is 0 Å². The molecule has 0 aliphatic carbocycles. The quantitative estimate of drug-likeness (QED) is 0.480. The van der Waals surface area contributed by atoms with E-state index in [-0.39, 0.29) is 23.8 Å². The Balaban J connectivity index is 1.68. The highest BCUT2D eigenvalue weighted by atomic mass is 19.1. The number of amides is 2. The highest BCUT2D eigenvalue weighted by Gasteiger charge is 2.12. The molecule has 0 aromatic heterocycles. The van der Waals surface area contributed by atoms with E-state index in [1.165, 1.54) is 31.2 Å². The molecule has 0 saturated heterocycles. The van der Waals surface area contributed by atoms with Gasteiger partial charge in [0, 0.05) is 30.3 Å². The highest BCUT2D eigenvalue weighted by Crippen LogP contribution is 2.18. The molecule has 0 aliphatic rings. The minimum absolute atomic E-state index is 0.149. The summed E-state index contributed by atoms with van der Waals surface area (Å²) in [6.07, 6.45) is 0. The maximum absolute atomic E-state index is 13.4. The first-order valence-corrected chi connectivity index (χ1v) is 9.14. The van der Waals surface area contributed by atoms with Crippen LogP contribution in [0.15, 0.2) is 72.8 Å². The second kappa shape index (κ2) is 9.47. The predicted molar refractivity (Wildman–Crippen MR) is 110 cm³/mol. The van der Waals surface area contributed by atoms with Crippen LogP contribution in [0.5, 0.6) is 5.75 Å². The number of rotatable bonds is 6. The van der Waals surface area contributed by atoms with Gasteiger partial charge in [-0.1, -0.05) is 30.3 Å². The van der Waals surface area contributed by atoms with Crippen molar-refractivity contribution >= 4 is 23.5 Å². The number of ether oxygens (including phenoxy) is 1. The number of esters is 1. The molecule has 3 aromatic rings. The van der Waals surface area contributed by atoms with Gasteiger partial charge in [0.15, 0.2) is 0 Å². The van der Waals surface area contributed by atoms with Gasteiger partial charge in [-0.3, -0.25) is 14.4 Å². The van der Waals surface area contributed by atoms with Crippen molar-refractivity contribution in [3.8, 4) is 5.75 Å². The molecule has 0 unspecified atom stereocenters. The average molecular weight is 406 g/mol. The van der Waals surface area contributed by atoms with Crippen molar-refractivity contribution in [2.24, 2.45) is 0 Å². The summed E-state index contributed by atoms with van der Waals surface area (Å²) in [5, 5.41) is 5.50. The minimum atomic E-state index is -0.501. The monoisotopic (exact) mass is 406 g/mol. The summed E-state index contributed by atoms with van der Waals surface area (Å²) in [5.41, 5.74) is 1.69. The van der Waals surface area contributed by atoms with Gasteiger partial charge in [-0.2, -0.15) is 0 Å². The average Bonchev–Trinajstić information content (AvgIpc) is 2.72. The van der Waals surface area contributed by atoms with Crippen LogP contribution >= 0.6 is 0 Å². The van der Waals surface area contributed by atoms with Crippen LogP contribution in [-0.2, 0) is 11.3 Å². The molecule has 6 nitrogen and oxygen atoms in total. The van der Waals surface area contributed by atoms with E-state index in [9.17, 15) is 18.8 Å². The maximum Gasteiger partial charge on any atom is 0.308 e. The lowest BCUT2D eigenvalue weighted by atomic mass is 10.1. The summed E-state index contributed by atoms with van der Waals surface area (Å²) in [6.45, 7) is 1.43. The van der Waals surface area contributed by atoms with Crippen LogP contribution in [-0.4, -0.2) is 17.8 Å². The standard InChI is InChI=1S/C23H19FN2O4/c1-15(27)30-20-10-5-8-17(13-20)22(28)25-14-18-6-2-3-11-21(18)26-23(29)16-7-4-9-19(24)12-16/h2-13H,14H2,1H3,(H,25,28)(H,26,29). The molecule has 2 amide bonds. The van der Waals surface area contributed by atoms with Gasteiger partial charge in [0.1, 0.15) is 11.6 Å². The lowest BCUT2D eigenvalue weighted by molar-refractivity contribution is -0.131. The van der Waals surface area contributed by atoms with Crippen molar-refractivity contribution in [3.63, 3.8) is 0 Å². The number of nitrogens with one attached hydrogen (secondary N) is 2. The van der Waals surface area contributed by atoms with E-state index in [0.29, 0.717) is 16.8 Å². The van der Waals surface area contributed by atoms with Crippen LogP contribution in [0.3, 0.4) is 0 Å². The molecule has 30 heavy (non-hydrogen) atoms. The molecule has 0 spiro atoms. The van der Waals surface area contributed by atoms with Crippen molar-refractivity contribution in [1.29, 1.82) is 0 Å². The van der Waals surface area contributed by atoms with Crippen molar-refractivity contribution in [3.05, 3.63) is 95.3 Å². The van der Waals surface area contributed by atoms with Gasteiger partial charge >= 0.3 is 5.97 Å². The molecule has 3 rings (SSSR count). The van der Waals surface area contributed by atoms with Gasteiger partial charge in [-0.15, -0.1) is 0 Å². The fraction of sp³-hybridized carbons (Fsp3) is 0.0870. The first-order chi connectivity index (χ1) is 14.4. The second-order valence-corrected chi connectivity index (χ2v) is 6.43. The zero-order chi connectivity index (χ0) is 21.5. The minimum Gasteiger partial charge on any atom is -0.427 e. The number of carbonyl (C=O) groups excluding carboxylic acids is 3. The Kier molecular flexibility index (Phi) is 6.54. The Morgan fingerprint density at radius 2 is 1.57 bits per heavy atom. The van der Waals surface area contributed by atoms with E-state index in [1.807, 2.05) is 0 Å². The lowest BCUT2D eigenvalue weighted by Gasteiger charge is -2.12. The molecule has 0 atom stereocenters. The third kappa shape index (κ3) is 5.51. The van der Waals surface area contributed by atoms with Crippen molar-refractivity contribution in [1.82, 2.24) is 5.32 Å². The van der Waals surface area contributed by atoms with Gasteiger partial charge in [0.25, 0.3) is 11.8 Å². The molecular formula is C23H19FN2O4. The third-order valence-corrected chi connectivity index (χ3v) is 4.15. The first kappa shape index (κ1) is 20.7. The van der Waals surface area contributed by atoms with E-state index in [0.717, 1.165) is 6.07 Å². The van der Waals surface area contributed by atoms with Crippen LogP contribution in [0, 0.1) is 5.82 Å². The number of carbonyl (C=O) groups is 3. The molecule has 0 saturated carbocycles. The Hall–Kier alpha value is -4.00. The molecule has 152 valence electrons. The summed E-state index contributed by atoms with van der Waals surface area (Å²) in [5.74, 6) is -1.52. The van der Waals surface area contributed by atoms with Crippen LogP contribution in [0.1, 0.15) is 33.2 Å². The van der Waals surface area contributed by atoms with E-state index >= 15 is 0 Å². The van der Waals surface area contributed by atoms with Gasteiger partial charge < -0.3 is 15.4 Å². The van der Waals surface area contributed by atoms with E-state index < -0.39 is 17.7 Å². The summed E-state index contributed by atoms with van der Waals surface area (Å²) in [6, 6.07) is 18.6. The van der Waals surface area contributed by atoms with Gasteiger partial charge in [-0.05, 0) is 48.0 Å². The predicted octanol–water partition coefficient (Wildman–Crippen LogP) is 3.93. The van der Waals surface area contributed by atoms with E-state index in [1.54, 1.807) is 42.5 Å². The largest absolute Gasteiger partial charge is 0.427 e. The van der Waals surface area contributed by atoms with Crippen molar-refractivity contribution < 1.29 is 23.5 Å². The van der Waals surface area contributed by atoms with Crippen LogP contribution in [0.4, 0.5) is 10.1 Å². The molecular weight excluding hydrogens is 387 g/mol. The Morgan fingerprint density at radius 1 is 0.867 bits per heavy atom. The number of hydrogen-bond donors (Lipinski definition) is 2. The highest BCUT2D eigenvalue weighted by molar-refractivity contribution is 6.04. The maximum atomic E-state index is 13.4. The Bertz CT molecular complexity index is 1100. The lowest BCUT2D eigenvalue weighted by Crippen LogP contribution is -2.24. The van der Waals surface area contributed by atoms with Crippen LogP contribution < -0.4 is 15.4 Å². The summed E-state index contributed by atoms with van der Waals surface area (Å²) in [7, 11) is 0. The fourth-order valence-electron chi connectivity index (χ4n) is 2.76. The molecule has 7 heteroatoms. The third-order valence-electron chi connectivity index (χ3n) is 4.15. The summed E-state index contributed by atoms with van der Waals surface area (Å²) >= 11 is 0. The molecule has 0 fully saturated rings. The van der Waals surface area contributed by atoms with Crippen molar-refractivity contribution in [2.75, 3.05) is 5.32 Å². The zero-order valence-corrected chi connectivity index (χ0v) is 16.1. The fourth-order valence-corrected chi connectivity index (χ4v) is 2.76. The number of para-hydroxylation sites is 1. The second-order valence-electron chi connectivity index (χ2n) is 6.43. The number of anilines is 1. The summed E-state index contributed by atoms with van der Waals surface area (Å²) < 4.78 is 18.3. The molecule has 0 heterocycles. The van der Waals surface area contributed by atoms with E-state index in [4.69, 9.17) is 4.74 Å². The first-order valence-electron chi connectivity index (χ1n) is 9.14. The summed E-state index contributed by atoms with van der Waals surface area (Å²) in [4.78, 5) is 35.9. The molecule has 0 aliphatic heterocycles. The van der Waals surface area contributed by atoms with Crippen LogP contribution in [0.25, 0.3) is 0 Å². The molecule has 0 bridgehead atoms. The molecule has 2 N–H and O–H groups in total. The van der Waals surface area contributed by atoms with Gasteiger partial charge in [0.2, 0.25) is 0 Å². The van der Waals surface area contributed by atoms with Crippen molar-refractivity contribution in [2.45, 2.75) is 13.5 Å². The smallest absolute Gasteiger partial charge is 0.308 e. The number of hydrogen-bond acceptors (Lipinski definition) is 4. The molecule has 0 radical (unpaired) electrons. The number of benzene rings is 3. The van der Waals surface area contributed by atoms with Crippen LogP contribution in [0.2, 0.25) is 0 Å². The Labute approximate surface area is 172 Å². The normalized spacial score (nSPS) is 10.2. The van der Waals surface area contributed by atoms with Gasteiger partial charge in [-0.25, -0.2) is 4.39 Å². The number of halogens is 1. The Morgan fingerprint density at radius 3 is 2.30 bits per heavy atom. The topological polar surface area (TPSA) is 84.5 Å². The molecule has 3 aromatic carbocycles. The zero-order valence-electron chi connectivity index (χ0n) is 16.1. The SMILES string of the molecule is CC(=O)Oc1cccc(C(=O)NCc2ccccc2NC(=O)c2cccc(F)c2)c1.